The molecule has 1 aliphatic rings. The Kier molecular flexibility index (Phi) is 5.41. The summed E-state index contributed by atoms with van der Waals surface area (Å²) in [5.41, 5.74) is -1.62. The predicted octanol–water partition coefficient (Wildman–Crippen LogP) is 0.981. The number of carbonyl (C=O) groups is 3. The van der Waals surface area contributed by atoms with Crippen LogP contribution in [-0.2, 0) is 23.9 Å². The maximum Gasteiger partial charge on any atom is 0.316 e. The minimum atomic E-state index is -1.75. The number of aliphatic hydroxyl groups is 1. The number of esters is 2. The van der Waals surface area contributed by atoms with Gasteiger partial charge in [0.1, 0.15) is 5.92 Å². The van der Waals surface area contributed by atoms with Gasteiger partial charge < -0.3 is 14.6 Å². The van der Waals surface area contributed by atoms with Crippen LogP contribution in [-0.4, -0.2) is 47.6 Å². The van der Waals surface area contributed by atoms with E-state index in [4.69, 9.17) is 9.47 Å². The van der Waals surface area contributed by atoms with Crippen molar-refractivity contribution in [1.29, 1.82) is 0 Å². The first-order valence-electron chi connectivity index (χ1n) is 7.79. The van der Waals surface area contributed by atoms with Gasteiger partial charge in [-0.1, -0.05) is 12.1 Å². The highest BCUT2D eigenvalue weighted by Crippen LogP contribution is 2.46. The molecule has 0 heterocycles. The van der Waals surface area contributed by atoms with Crippen LogP contribution in [0, 0.1) is 22.0 Å². The van der Waals surface area contributed by atoms with Gasteiger partial charge in [0.15, 0.2) is 5.78 Å². The van der Waals surface area contributed by atoms with Gasteiger partial charge >= 0.3 is 11.9 Å². The van der Waals surface area contributed by atoms with E-state index in [9.17, 15) is 29.6 Å². The van der Waals surface area contributed by atoms with Gasteiger partial charge in [-0.2, -0.15) is 0 Å². The molecule has 2 rings (SSSR count). The monoisotopic (exact) mass is 365 g/mol. The number of benzene rings is 1. The average molecular weight is 365 g/mol. The van der Waals surface area contributed by atoms with Crippen LogP contribution in [0.5, 0.6) is 0 Å². The standard InChI is InChI=1S/C17H19NO8/c1-17(22)8-11(19)13(15(20)25-2)12(14(17)16(21)26-3)9-4-6-10(7-5-9)18(23)24/h4-7,12-14,22H,8H2,1-3H3/t12-,13+,14+,17+/m1/s1. The van der Waals surface area contributed by atoms with E-state index >= 15 is 0 Å². The highest BCUT2D eigenvalue weighted by Gasteiger charge is 2.56. The quantitative estimate of drug-likeness (QED) is 0.361. The lowest BCUT2D eigenvalue weighted by atomic mass is 9.62. The Morgan fingerprint density at radius 1 is 1.19 bits per heavy atom. The molecule has 0 saturated heterocycles. The predicted molar refractivity (Wildman–Crippen MR) is 87.1 cm³/mol. The number of methoxy groups -OCH3 is 2. The summed E-state index contributed by atoms with van der Waals surface area (Å²) in [6.07, 6.45) is -0.421. The molecule has 9 nitrogen and oxygen atoms in total. The topological polar surface area (TPSA) is 133 Å². The van der Waals surface area contributed by atoms with E-state index in [1.165, 1.54) is 31.2 Å². The fourth-order valence-corrected chi connectivity index (χ4v) is 3.49. The minimum absolute atomic E-state index is 0.188. The van der Waals surface area contributed by atoms with Crippen molar-refractivity contribution >= 4 is 23.4 Å². The first kappa shape index (κ1) is 19.5. The number of nitro benzene ring substituents is 1. The summed E-state index contributed by atoms with van der Waals surface area (Å²) in [5.74, 6) is -5.85. The molecule has 1 aromatic rings. The van der Waals surface area contributed by atoms with Gasteiger partial charge in [0.2, 0.25) is 0 Å². The van der Waals surface area contributed by atoms with E-state index in [2.05, 4.69) is 0 Å². The van der Waals surface area contributed by atoms with Crippen LogP contribution < -0.4 is 0 Å². The zero-order chi connectivity index (χ0) is 19.6. The van der Waals surface area contributed by atoms with E-state index in [0.717, 1.165) is 14.2 Å². The number of non-ortho nitro benzene ring substituents is 1. The number of ether oxygens (including phenoxy) is 2. The van der Waals surface area contributed by atoms with Gasteiger partial charge in [0.05, 0.1) is 30.7 Å². The Labute approximate surface area is 149 Å². The van der Waals surface area contributed by atoms with Crippen molar-refractivity contribution in [3.8, 4) is 0 Å². The third kappa shape index (κ3) is 3.43. The summed E-state index contributed by atoms with van der Waals surface area (Å²) >= 11 is 0. The van der Waals surface area contributed by atoms with Gasteiger partial charge in [-0.25, -0.2) is 0 Å². The Hall–Kier alpha value is -2.81. The summed E-state index contributed by atoms with van der Waals surface area (Å²) in [5, 5.41) is 21.5. The molecule has 26 heavy (non-hydrogen) atoms. The van der Waals surface area contributed by atoms with Gasteiger partial charge in [-0.05, 0) is 12.5 Å². The number of nitro groups is 1. The molecule has 0 amide bonds. The number of hydrogen-bond acceptors (Lipinski definition) is 8. The number of rotatable bonds is 4. The molecular weight excluding hydrogens is 346 g/mol. The fourth-order valence-electron chi connectivity index (χ4n) is 3.49. The van der Waals surface area contributed by atoms with Crippen molar-refractivity contribution in [3.63, 3.8) is 0 Å². The van der Waals surface area contributed by atoms with Crippen LogP contribution >= 0.6 is 0 Å². The van der Waals surface area contributed by atoms with Crippen LogP contribution in [0.4, 0.5) is 5.69 Å². The molecule has 1 aromatic carbocycles. The first-order chi connectivity index (χ1) is 12.1. The Morgan fingerprint density at radius 3 is 2.19 bits per heavy atom. The number of Topliss-reactive ketones (excluding diaryl/α,β-unsaturated/α-hetero) is 1. The molecule has 1 fully saturated rings. The van der Waals surface area contributed by atoms with Crippen molar-refractivity contribution in [2.45, 2.75) is 24.9 Å². The van der Waals surface area contributed by atoms with Crippen molar-refractivity contribution in [3.05, 3.63) is 39.9 Å². The molecule has 0 radical (unpaired) electrons. The summed E-state index contributed by atoms with van der Waals surface area (Å²) in [6, 6.07) is 5.10. The second-order valence-electron chi connectivity index (χ2n) is 6.38. The van der Waals surface area contributed by atoms with Crippen LogP contribution in [0.1, 0.15) is 24.8 Å². The average Bonchev–Trinajstić information content (AvgIpc) is 2.59. The first-order valence-corrected chi connectivity index (χ1v) is 7.79. The lowest BCUT2D eigenvalue weighted by Crippen LogP contribution is -2.55. The molecular formula is C17H19NO8. The zero-order valence-corrected chi connectivity index (χ0v) is 14.5. The molecule has 4 atom stereocenters. The van der Waals surface area contributed by atoms with E-state index < -0.39 is 52.4 Å². The van der Waals surface area contributed by atoms with Crippen molar-refractivity contribution in [2.75, 3.05) is 14.2 Å². The highest BCUT2D eigenvalue weighted by molar-refractivity contribution is 6.02. The second kappa shape index (κ2) is 7.20. The molecule has 1 saturated carbocycles. The number of nitrogens with zero attached hydrogens (tertiary/aromatic N) is 1. The summed E-state index contributed by atoms with van der Waals surface area (Å²) < 4.78 is 9.47. The van der Waals surface area contributed by atoms with Gasteiger partial charge in [-0.15, -0.1) is 0 Å². The van der Waals surface area contributed by atoms with Crippen molar-refractivity contribution in [2.24, 2.45) is 11.8 Å². The van der Waals surface area contributed by atoms with Crippen molar-refractivity contribution in [1.82, 2.24) is 0 Å². The van der Waals surface area contributed by atoms with Crippen LogP contribution in [0.15, 0.2) is 24.3 Å². The Morgan fingerprint density at radius 2 is 1.73 bits per heavy atom. The molecule has 0 unspecified atom stereocenters. The third-order valence-electron chi connectivity index (χ3n) is 4.67. The minimum Gasteiger partial charge on any atom is -0.469 e. The smallest absolute Gasteiger partial charge is 0.316 e. The highest BCUT2D eigenvalue weighted by atomic mass is 16.6. The van der Waals surface area contributed by atoms with Gasteiger partial charge in [-0.3, -0.25) is 24.5 Å². The lowest BCUT2D eigenvalue weighted by molar-refractivity contribution is -0.384. The molecule has 0 spiro atoms. The van der Waals surface area contributed by atoms with Crippen molar-refractivity contribution < 1.29 is 33.9 Å². The Balaban J connectivity index is 2.62. The second-order valence-corrected chi connectivity index (χ2v) is 6.38. The summed E-state index contributed by atoms with van der Waals surface area (Å²) in [7, 11) is 2.25. The molecule has 9 heteroatoms. The molecule has 1 aliphatic carbocycles. The zero-order valence-electron chi connectivity index (χ0n) is 14.5. The van der Waals surface area contributed by atoms with Crippen LogP contribution in [0.25, 0.3) is 0 Å². The molecule has 140 valence electrons. The maximum absolute atomic E-state index is 12.5. The van der Waals surface area contributed by atoms with E-state index in [1.807, 2.05) is 0 Å². The van der Waals surface area contributed by atoms with E-state index in [0.29, 0.717) is 5.56 Å². The molecule has 0 aliphatic heterocycles. The SMILES string of the molecule is COC(=O)[C@H]1C(=O)C[C@](C)(O)[C@H](C(=O)OC)[C@@H]1c1ccc([N+](=O)[O-])cc1. The fraction of sp³-hybridized carbons (Fsp3) is 0.471. The lowest BCUT2D eigenvalue weighted by Gasteiger charge is -2.43. The normalized spacial score (nSPS) is 28.3. The molecule has 1 N–H and O–H groups in total. The van der Waals surface area contributed by atoms with Crippen LogP contribution in [0.2, 0.25) is 0 Å². The number of ketones is 1. The molecule has 0 aromatic heterocycles. The summed E-state index contributed by atoms with van der Waals surface area (Å²) in [6.45, 7) is 1.32. The molecule has 0 bridgehead atoms. The third-order valence-corrected chi connectivity index (χ3v) is 4.67. The van der Waals surface area contributed by atoms with Crippen LogP contribution in [0.3, 0.4) is 0 Å². The summed E-state index contributed by atoms with van der Waals surface area (Å²) in [4.78, 5) is 47.3. The number of hydrogen-bond donors (Lipinski definition) is 1. The van der Waals surface area contributed by atoms with Gasteiger partial charge in [0, 0.05) is 24.5 Å². The van der Waals surface area contributed by atoms with Gasteiger partial charge in [0.25, 0.3) is 5.69 Å². The largest absolute Gasteiger partial charge is 0.469 e. The van der Waals surface area contributed by atoms with E-state index in [-0.39, 0.29) is 5.69 Å². The van der Waals surface area contributed by atoms with E-state index in [1.54, 1.807) is 0 Å². The number of carbonyl (C=O) groups excluding carboxylic acids is 3. The maximum atomic E-state index is 12.5. The Bertz CT molecular complexity index is 740.